The number of benzene rings is 1. The third kappa shape index (κ3) is 2.78. The minimum atomic E-state index is -0.633. The first-order chi connectivity index (χ1) is 9.86. The molecular weight excluding hydrogens is 387 g/mol. The zero-order chi connectivity index (χ0) is 15.7. The quantitative estimate of drug-likeness (QED) is 0.431. The van der Waals surface area contributed by atoms with Gasteiger partial charge in [0, 0.05) is 14.1 Å². The van der Waals surface area contributed by atoms with Crippen molar-refractivity contribution < 1.29 is 19.1 Å². The van der Waals surface area contributed by atoms with Gasteiger partial charge in [0.1, 0.15) is 11.3 Å². The average Bonchev–Trinajstić information content (AvgIpc) is 2.48. The first kappa shape index (κ1) is 15.5. The molecule has 110 valence electrons. The fourth-order valence-electron chi connectivity index (χ4n) is 1.91. The summed E-state index contributed by atoms with van der Waals surface area (Å²) < 4.78 is 6.02. The molecule has 0 radical (unpaired) electrons. The number of likely N-dealkylation sites (N-methyl/N-ethyl adjacent to an activating group) is 2. The smallest absolute Gasteiger partial charge is 0.333 e. The van der Waals surface area contributed by atoms with E-state index in [0.717, 1.165) is 13.4 Å². The van der Waals surface area contributed by atoms with Crippen molar-refractivity contribution in [2.75, 3.05) is 21.2 Å². The van der Waals surface area contributed by atoms with Crippen LogP contribution < -0.4 is 4.74 Å². The van der Waals surface area contributed by atoms with E-state index in [4.69, 9.17) is 4.74 Å². The summed E-state index contributed by atoms with van der Waals surface area (Å²) >= 11 is 2.10. The Hall–Kier alpha value is -1.90. The number of amides is 4. The number of rotatable bonds is 2. The van der Waals surface area contributed by atoms with Gasteiger partial charge in [-0.15, -0.1) is 0 Å². The van der Waals surface area contributed by atoms with Crippen LogP contribution in [0.15, 0.2) is 23.8 Å². The van der Waals surface area contributed by atoms with Gasteiger partial charge in [0.05, 0.1) is 10.7 Å². The molecule has 6 nitrogen and oxygen atoms in total. The Morgan fingerprint density at radius 1 is 1.10 bits per heavy atom. The SMILES string of the molecule is COc1ccc(C=C2C(=O)N(C)C(=O)N(C)C2=O)cc1I. The molecule has 0 unspecified atom stereocenters. The molecule has 1 aliphatic rings. The molecule has 0 saturated carbocycles. The zero-order valence-electron chi connectivity index (χ0n) is 11.7. The Kier molecular flexibility index (Phi) is 4.31. The molecule has 0 aliphatic carbocycles. The Morgan fingerprint density at radius 2 is 1.67 bits per heavy atom. The lowest BCUT2D eigenvalue weighted by Crippen LogP contribution is -2.52. The minimum Gasteiger partial charge on any atom is -0.496 e. The summed E-state index contributed by atoms with van der Waals surface area (Å²) in [6, 6.07) is 4.66. The van der Waals surface area contributed by atoms with Crippen molar-refractivity contribution in [3.05, 3.63) is 32.9 Å². The van der Waals surface area contributed by atoms with Crippen LogP contribution in [0.3, 0.4) is 0 Å². The second-order valence-electron chi connectivity index (χ2n) is 4.46. The highest BCUT2D eigenvalue weighted by atomic mass is 127. The average molecular weight is 400 g/mol. The highest BCUT2D eigenvalue weighted by molar-refractivity contribution is 14.1. The minimum absolute atomic E-state index is 0.0411. The van der Waals surface area contributed by atoms with Gasteiger partial charge in [-0.3, -0.25) is 19.4 Å². The summed E-state index contributed by atoms with van der Waals surface area (Å²) in [5.74, 6) is -0.494. The molecule has 0 N–H and O–H groups in total. The second kappa shape index (κ2) is 5.84. The number of urea groups is 1. The molecule has 1 aliphatic heterocycles. The van der Waals surface area contributed by atoms with Crippen molar-refractivity contribution >= 4 is 46.5 Å². The molecule has 2 rings (SSSR count). The predicted molar refractivity (Wildman–Crippen MR) is 84.6 cm³/mol. The number of halogens is 1. The Morgan fingerprint density at radius 3 is 2.14 bits per heavy atom. The normalized spacial score (nSPS) is 15.6. The van der Waals surface area contributed by atoms with Crippen molar-refractivity contribution in [2.24, 2.45) is 0 Å². The van der Waals surface area contributed by atoms with Gasteiger partial charge in [-0.05, 0) is 46.4 Å². The highest BCUT2D eigenvalue weighted by Gasteiger charge is 2.37. The molecule has 1 heterocycles. The Bertz CT molecular complexity index is 643. The van der Waals surface area contributed by atoms with Crippen molar-refractivity contribution in [2.45, 2.75) is 0 Å². The molecule has 4 amide bonds. The van der Waals surface area contributed by atoms with Crippen LogP contribution in [0.5, 0.6) is 5.75 Å². The maximum atomic E-state index is 12.1. The Balaban J connectivity index is 2.44. The van der Waals surface area contributed by atoms with Crippen LogP contribution in [-0.2, 0) is 9.59 Å². The van der Waals surface area contributed by atoms with E-state index in [0.29, 0.717) is 11.3 Å². The number of carbonyl (C=O) groups is 3. The summed E-state index contributed by atoms with van der Waals surface area (Å²) in [5.41, 5.74) is 0.647. The summed E-state index contributed by atoms with van der Waals surface area (Å²) in [4.78, 5) is 37.6. The van der Waals surface area contributed by atoms with Gasteiger partial charge in [0.25, 0.3) is 11.8 Å². The molecule has 1 aromatic rings. The third-order valence-electron chi connectivity index (χ3n) is 3.13. The number of hydrogen-bond acceptors (Lipinski definition) is 4. The molecule has 0 spiro atoms. The van der Waals surface area contributed by atoms with E-state index < -0.39 is 17.8 Å². The molecule has 7 heteroatoms. The maximum Gasteiger partial charge on any atom is 0.333 e. The van der Waals surface area contributed by atoms with Gasteiger partial charge in [-0.2, -0.15) is 0 Å². The maximum absolute atomic E-state index is 12.1. The predicted octanol–water partition coefficient (Wildman–Crippen LogP) is 1.73. The molecular formula is C14H13IN2O4. The van der Waals surface area contributed by atoms with E-state index in [-0.39, 0.29) is 5.57 Å². The van der Waals surface area contributed by atoms with Gasteiger partial charge in [0.2, 0.25) is 0 Å². The van der Waals surface area contributed by atoms with E-state index in [1.807, 2.05) is 0 Å². The summed E-state index contributed by atoms with van der Waals surface area (Å²) in [7, 11) is 4.26. The topological polar surface area (TPSA) is 66.9 Å². The van der Waals surface area contributed by atoms with Crippen molar-refractivity contribution in [1.82, 2.24) is 9.80 Å². The van der Waals surface area contributed by atoms with E-state index in [1.165, 1.54) is 20.2 Å². The van der Waals surface area contributed by atoms with Crippen molar-refractivity contribution in [3.63, 3.8) is 0 Å². The first-order valence-corrected chi connectivity index (χ1v) is 7.10. The molecule has 0 atom stereocenters. The van der Waals surface area contributed by atoms with Crippen molar-refractivity contribution in [3.8, 4) is 5.75 Å². The number of ether oxygens (including phenoxy) is 1. The number of methoxy groups -OCH3 is 1. The Labute approximate surface area is 135 Å². The lowest BCUT2D eigenvalue weighted by molar-refractivity contribution is -0.134. The van der Waals surface area contributed by atoms with Gasteiger partial charge >= 0.3 is 6.03 Å². The largest absolute Gasteiger partial charge is 0.496 e. The second-order valence-corrected chi connectivity index (χ2v) is 5.63. The molecule has 21 heavy (non-hydrogen) atoms. The van der Waals surface area contributed by atoms with Crippen LogP contribution in [0.4, 0.5) is 4.79 Å². The summed E-state index contributed by atoms with van der Waals surface area (Å²) in [6.07, 6.45) is 1.48. The van der Waals surface area contributed by atoms with E-state index in [1.54, 1.807) is 25.3 Å². The molecule has 1 fully saturated rings. The van der Waals surface area contributed by atoms with Crippen LogP contribution in [0.25, 0.3) is 6.08 Å². The number of hydrogen-bond donors (Lipinski definition) is 0. The van der Waals surface area contributed by atoms with E-state index in [2.05, 4.69) is 22.6 Å². The monoisotopic (exact) mass is 400 g/mol. The summed E-state index contributed by atoms with van der Waals surface area (Å²) in [6.45, 7) is 0. The summed E-state index contributed by atoms with van der Waals surface area (Å²) in [5, 5.41) is 0. The fourth-order valence-corrected chi connectivity index (χ4v) is 2.67. The van der Waals surface area contributed by atoms with Crippen LogP contribution in [-0.4, -0.2) is 48.9 Å². The van der Waals surface area contributed by atoms with Crippen LogP contribution in [0.1, 0.15) is 5.56 Å². The number of carbonyl (C=O) groups excluding carboxylic acids is 3. The first-order valence-electron chi connectivity index (χ1n) is 6.02. The fraction of sp³-hybridized carbons (Fsp3) is 0.214. The molecule has 1 aromatic carbocycles. The lowest BCUT2D eigenvalue weighted by Gasteiger charge is -2.28. The standard InChI is InChI=1S/C14H13IN2O4/c1-16-12(18)9(13(19)17(2)14(16)20)6-8-4-5-11(21-3)10(15)7-8/h4-7H,1-3H3. The number of imide groups is 2. The van der Waals surface area contributed by atoms with Crippen LogP contribution in [0, 0.1) is 3.57 Å². The van der Waals surface area contributed by atoms with Gasteiger partial charge < -0.3 is 4.74 Å². The van der Waals surface area contributed by atoms with E-state index >= 15 is 0 Å². The zero-order valence-corrected chi connectivity index (χ0v) is 13.9. The van der Waals surface area contributed by atoms with Gasteiger partial charge in [-0.1, -0.05) is 6.07 Å². The number of barbiturate groups is 1. The number of nitrogens with zero attached hydrogens (tertiary/aromatic N) is 2. The molecule has 1 saturated heterocycles. The van der Waals surface area contributed by atoms with Crippen molar-refractivity contribution in [1.29, 1.82) is 0 Å². The molecule has 0 aromatic heterocycles. The molecule has 0 bridgehead atoms. The third-order valence-corrected chi connectivity index (χ3v) is 3.97. The van der Waals surface area contributed by atoms with Gasteiger partial charge in [-0.25, -0.2) is 4.79 Å². The highest BCUT2D eigenvalue weighted by Crippen LogP contribution is 2.24. The van der Waals surface area contributed by atoms with Crippen LogP contribution >= 0.6 is 22.6 Å². The van der Waals surface area contributed by atoms with Crippen LogP contribution in [0.2, 0.25) is 0 Å². The van der Waals surface area contributed by atoms with E-state index in [9.17, 15) is 14.4 Å². The van der Waals surface area contributed by atoms with Gasteiger partial charge in [0.15, 0.2) is 0 Å². The lowest BCUT2D eigenvalue weighted by atomic mass is 10.1.